The summed E-state index contributed by atoms with van der Waals surface area (Å²) in [4.78, 5) is 17.3. The first-order valence-corrected chi connectivity index (χ1v) is 11.9. The Bertz CT molecular complexity index is 1190. The van der Waals surface area contributed by atoms with Crippen molar-refractivity contribution in [2.45, 2.75) is 31.5 Å². The molecule has 178 valence electrons. The van der Waals surface area contributed by atoms with Crippen LogP contribution >= 0.6 is 0 Å². The summed E-state index contributed by atoms with van der Waals surface area (Å²) in [5, 5.41) is 13.0. The zero-order valence-corrected chi connectivity index (χ0v) is 18.9. The number of fused-ring (bicyclic) bond motifs is 1. The standard InChI is InChI=1S/C24H27FN6O3/c25-19-4-2-1-3-18(19)22-27-26-20-5-6-21(28-31(20)22)29-11-7-17(8-12-29)23(32)30-13-9-24(10-14-30)33-15-16-34-24/h1-6,17H,7-16H2. The fourth-order valence-corrected chi connectivity index (χ4v) is 5.23. The van der Waals surface area contributed by atoms with E-state index in [-0.39, 0.29) is 17.6 Å². The topological polar surface area (TPSA) is 85.1 Å². The molecule has 0 aliphatic carbocycles. The van der Waals surface area contributed by atoms with E-state index in [0.29, 0.717) is 43.3 Å². The molecule has 3 saturated heterocycles. The second-order valence-electron chi connectivity index (χ2n) is 9.16. The van der Waals surface area contributed by atoms with Gasteiger partial charge in [-0.05, 0) is 37.1 Å². The molecule has 3 aliphatic rings. The number of carbonyl (C=O) groups is 1. The minimum absolute atomic E-state index is 0.0170. The molecule has 3 aliphatic heterocycles. The van der Waals surface area contributed by atoms with Crippen LogP contribution in [0.3, 0.4) is 0 Å². The first kappa shape index (κ1) is 21.4. The van der Waals surface area contributed by atoms with E-state index >= 15 is 0 Å². The molecule has 10 heteroatoms. The maximum Gasteiger partial charge on any atom is 0.225 e. The number of piperidine rings is 2. The fourth-order valence-electron chi connectivity index (χ4n) is 5.23. The van der Waals surface area contributed by atoms with Gasteiger partial charge in [0.1, 0.15) is 11.6 Å². The van der Waals surface area contributed by atoms with Crippen molar-refractivity contribution in [3.63, 3.8) is 0 Å². The van der Waals surface area contributed by atoms with Gasteiger partial charge in [-0.15, -0.1) is 15.3 Å². The highest BCUT2D eigenvalue weighted by Gasteiger charge is 2.42. The number of anilines is 1. The van der Waals surface area contributed by atoms with Crippen LogP contribution < -0.4 is 4.90 Å². The zero-order chi connectivity index (χ0) is 23.1. The van der Waals surface area contributed by atoms with Gasteiger partial charge in [0, 0.05) is 44.9 Å². The van der Waals surface area contributed by atoms with Crippen molar-refractivity contribution in [1.29, 1.82) is 0 Å². The average Bonchev–Trinajstić information content (AvgIpc) is 3.51. The quantitative estimate of drug-likeness (QED) is 0.586. The Morgan fingerprint density at radius 3 is 2.44 bits per heavy atom. The first-order chi connectivity index (χ1) is 16.6. The summed E-state index contributed by atoms with van der Waals surface area (Å²) in [5.74, 6) is 0.566. The van der Waals surface area contributed by atoms with Crippen molar-refractivity contribution < 1.29 is 18.7 Å². The summed E-state index contributed by atoms with van der Waals surface area (Å²) in [6, 6.07) is 10.2. The predicted molar refractivity (Wildman–Crippen MR) is 122 cm³/mol. The number of nitrogens with zero attached hydrogens (tertiary/aromatic N) is 6. The lowest BCUT2D eigenvalue weighted by Crippen LogP contribution is -2.50. The SMILES string of the molecule is O=C(C1CCN(c2ccc3nnc(-c4ccccc4F)n3n2)CC1)N1CCC2(CC1)OCCO2. The van der Waals surface area contributed by atoms with E-state index in [1.807, 2.05) is 17.0 Å². The van der Waals surface area contributed by atoms with Gasteiger partial charge in [-0.1, -0.05) is 12.1 Å². The van der Waals surface area contributed by atoms with Gasteiger partial charge < -0.3 is 19.3 Å². The van der Waals surface area contributed by atoms with E-state index in [1.54, 1.807) is 22.7 Å². The molecule has 0 bridgehead atoms. The van der Waals surface area contributed by atoms with Crippen LogP contribution in [0.1, 0.15) is 25.7 Å². The van der Waals surface area contributed by atoms with Gasteiger partial charge in [0.25, 0.3) is 0 Å². The van der Waals surface area contributed by atoms with Crippen LogP contribution in [0.2, 0.25) is 0 Å². The van der Waals surface area contributed by atoms with Crippen molar-refractivity contribution >= 4 is 17.4 Å². The largest absolute Gasteiger partial charge is 0.355 e. The molecule has 2 aromatic heterocycles. The highest BCUT2D eigenvalue weighted by atomic mass is 19.1. The van der Waals surface area contributed by atoms with Crippen molar-refractivity contribution in [2.24, 2.45) is 5.92 Å². The molecule has 6 rings (SSSR count). The minimum atomic E-state index is -0.464. The van der Waals surface area contributed by atoms with Gasteiger partial charge in [-0.3, -0.25) is 4.79 Å². The highest BCUT2D eigenvalue weighted by Crippen LogP contribution is 2.33. The van der Waals surface area contributed by atoms with Gasteiger partial charge in [0.2, 0.25) is 5.91 Å². The Kier molecular flexibility index (Phi) is 5.41. The zero-order valence-electron chi connectivity index (χ0n) is 18.9. The number of rotatable bonds is 3. The molecular formula is C24H27FN6O3. The van der Waals surface area contributed by atoms with E-state index in [9.17, 15) is 9.18 Å². The van der Waals surface area contributed by atoms with Gasteiger partial charge in [0.15, 0.2) is 17.3 Å². The molecule has 9 nitrogen and oxygen atoms in total. The van der Waals surface area contributed by atoms with Crippen LogP contribution in [-0.4, -0.2) is 75.8 Å². The number of likely N-dealkylation sites (tertiary alicyclic amines) is 1. The highest BCUT2D eigenvalue weighted by molar-refractivity contribution is 5.79. The molecule has 0 atom stereocenters. The molecule has 1 spiro atoms. The van der Waals surface area contributed by atoms with E-state index < -0.39 is 5.79 Å². The number of carbonyl (C=O) groups excluding carboxylic acids is 1. The van der Waals surface area contributed by atoms with Gasteiger partial charge in [-0.25, -0.2) is 4.39 Å². The predicted octanol–water partition coefficient (Wildman–Crippen LogP) is 2.51. The van der Waals surface area contributed by atoms with Crippen LogP contribution in [0.25, 0.3) is 17.0 Å². The summed E-state index contributed by atoms with van der Waals surface area (Å²) >= 11 is 0. The Balaban J connectivity index is 1.12. The lowest BCUT2D eigenvalue weighted by molar-refractivity contribution is -0.188. The minimum Gasteiger partial charge on any atom is -0.355 e. The Labute approximate surface area is 196 Å². The summed E-state index contributed by atoms with van der Waals surface area (Å²) < 4.78 is 27.5. The summed E-state index contributed by atoms with van der Waals surface area (Å²) in [5.41, 5.74) is 0.922. The lowest BCUT2D eigenvalue weighted by atomic mass is 9.93. The molecular weight excluding hydrogens is 439 g/mol. The molecule has 3 fully saturated rings. The molecule has 0 saturated carbocycles. The maximum atomic E-state index is 14.3. The normalized spacial score (nSPS) is 21.0. The maximum absolute atomic E-state index is 14.3. The van der Waals surface area contributed by atoms with Crippen molar-refractivity contribution in [1.82, 2.24) is 24.7 Å². The number of halogens is 1. The van der Waals surface area contributed by atoms with Crippen molar-refractivity contribution in [3.05, 3.63) is 42.2 Å². The molecule has 34 heavy (non-hydrogen) atoms. The second-order valence-corrected chi connectivity index (χ2v) is 9.16. The number of hydrogen-bond donors (Lipinski definition) is 0. The smallest absolute Gasteiger partial charge is 0.225 e. The molecule has 0 N–H and O–H groups in total. The van der Waals surface area contributed by atoms with Gasteiger partial charge in [0.05, 0.1) is 18.8 Å². The molecule has 1 amide bonds. The molecule has 1 aromatic carbocycles. The Morgan fingerprint density at radius 1 is 0.971 bits per heavy atom. The Hall–Kier alpha value is -3.11. The van der Waals surface area contributed by atoms with Crippen LogP contribution in [0.15, 0.2) is 36.4 Å². The third-order valence-corrected chi connectivity index (χ3v) is 7.18. The van der Waals surface area contributed by atoms with Crippen LogP contribution in [-0.2, 0) is 14.3 Å². The second kappa shape index (κ2) is 8.59. The number of ether oxygens (including phenoxy) is 2. The van der Waals surface area contributed by atoms with E-state index in [4.69, 9.17) is 14.6 Å². The third-order valence-electron chi connectivity index (χ3n) is 7.18. The number of benzene rings is 1. The van der Waals surface area contributed by atoms with E-state index in [1.165, 1.54) is 6.07 Å². The van der Waals surface area contributed by atoms with Crippen molar-refractivity contribution in [2.75, 3.05) is 44.3 Å². The van der Waals surface area contributed by atoms with Crippen LogP contribution in [0.5, 0.6) is 0 Å². The molecule has 3 aromatic rings. The number of amides is 1. The summed E-state index contributed by atoms with van der Waals surface area (Å²) in [6.45, 7) is 4.12. The monoisotopic (exact) mass is 466 g/mol. The fraction of sp³-hybridized carbons (Fsp3) is 0.500. The molecule has 5 heterocycles. The number of aromatic nitrogens is 4. The molecule has 0 unspecified atom stereocenters. The third kappa shape index (κ3) is 3.80. The lowest BCUT2D eigenvalue weighted by Gasteiger charge is -2.40. The van der Waals surface area contributed by atoms with E-state index in [0.717, 1.165) is 44.6 Å². The first-order valence-electron chi connectivity index (χ1n) is 11.9. The average molecular weight is 467 g/mol. The summed E-state index contributed by atoms with van der Waals surface area (Å²) in [7, 11) is 0. The van der Waals surface area contributed by atoms with Crippen LogP contribution in [0.4, 0.5) is 10.2 Å². The number of hydrogen-bond acceptors (Lipinski definition) is 7. The van der Waals surface area contributed by atoms with E-state index in [2.05, 4.69) is 15.1 Å². The van der Waals surface area contributed by atoms with Crippen LogP contribution in [0, 0.1) is 11.7 Å². The van der Waals surface area contributed by atoms with Gasteiger partial charge >= 0.3 is 0 Å². The van der Waals surface area contributed by atoms with Crippen molar-refractivity contribution in [3.8, 4) is 11.4 Å². The van der Waals surface area contributed by atoms with Gasteiger partial charge in [-0.2, -0.15) is 4.52 Å². The Morgan fingerprint density at radius 2 is 1.71 bits per heavy atom. The summed E-state index contributed by atoms with van der Waals surface area (Å²) in [6.07, 6.45) is 3.03. The molecule has 0 radical (unpaired) electrons.